The first-order valence-electron chi connectivity index (χ1n) is 5.97. The van der Waals surface area contributed by atoms with Crippen LogP contribution in [0.15, 0.2) is 11.6 Å². The average Bonchev–Trinajstić information content (AvgIpc) is 2.24. The molecule has 98 valence electrons. The molecule has 4 heteroatoms. The van der Waals surface area contributed by atoms with E-state index in [1.807, 2.05) is 20.8 Å². The summed E-state index contributed by atoms with van der Waals surface area (Å²) in [5, 5.41) is 2.67. The van der Waals surface area contributed by atoms with Crippen LogP contribution in [0.2, 0.25) is 0 Å². The number of amides is 1. The van der Waals surface area contributed by atoms with Gasteiger partial charge in [0, 0.05) is 6.08 Å². The van der Waals surface area contributed by atoms with Crippen molar-refractivity contribution in [3.05, 3.63) is 11.6 Å². The normalized spacial score (nSPS) is 13.4. The Balaban J connectivity index is 4.52. The number of allylic oxidation sites excluding steroid dienone is 1. The molecule has 0 rings (SSSR count). The van der Waals surface area contributed by atoms with Gasteiger partial charge in [-0.2, -0.15) is 0 Å². The molecule has 0 aromatic rings. The number of carbonyl (C=O) groups excluding carboxylic acids is 2. The SMILES string of the molecule is CCC/C(C)=C/C(=O)NC(C(=O)OC)C(C)C. The van der Waals surface area contributed by atoms with Crippen LogP contribution in [0.4, 0.5) is 0 Å². The molecule has 0 bridgehead atoms. The van der Waals surface area contributed by atoms with Crippen molar-refractivity contribution in [2.24, 2.45) is 5.92 Å². The Kier molecular flexibility index (Phi) is 7.26. The summed E-state index contributed by atoms with van der Waals surface area (Å²) in [7, 11) is 1.32. The number of esters is 1. The Morgan fingerprint density at radius 1 is 1.35 bits per heavy atom. The summed E-state index contributed by atoms with van der Waals surface area (Å²) in [5.41, 5.74) is 1.01. The molecule has 0 aromatic heterocycles. The van der Waals surface area contributed by atoms with Gasteiger partial charge in [0.05, 0.1) is 7.11 Å². The lowest BCUT2D eigenvalue weighted by Gasteiger charge is -2.19. The first-order chi connectivity index (χ1) is 7.92. The van der Waals surface area contributed by atoms with Gasteiger partial charge in [0.15, 0.2) is 0 Å². The number of hydrogen-bond acceptors (Lipinski definition) is 3. The third-order valence-electron chi connectivity index (χ3n) is 2.44. The van der Waals surface area contributed by atoms with Gasteiger partial charge in [-0.3, -0.25) is 4.79 Å². The van der Waals surface area contributed by atoms with Gasteiger partial charge in [0.1, 0.15) is 6.04 Å². The molecule has 1 atom stereocenters. The zero-order valence-corrected chi connectivity index (χ0v) is 11.4. The van der Waals surface area contributed by atoms with E-state index in [9.17, 15) is 9.59 Å². The van der Waals surface area contributed by atoms with E-state index < -0.39 is 12.0 Å². The molecule has 1 N–H and O–H groups in total. The number of nitrogens with one attached hydrogen (secondary N) is 1. The van der Waals surface area contributed by atoms with E-state index in [1.165, 1.54) is 7.11 Å². The van der Waals surface area contributed by atoms with Gasteiger partial charge in [0.2, 0.25) is 5.91 Å². The van der Waals surface area contributed by atoms with Crippen LogP contribution in [0.1, 0.15) is 40.5 Å². The van der Waals surface area contributed by atoms with E-state index >= 15 is 0 Å². The molecule has 0 aliphatic rings. The second kappa shape index (κ2) is 7.87. The molecule has 0 radical (unpaired) electrons. The van der Waals surface area contributed by atoms with Gasteiger partial charge in [-0.25, -0.2) is 4.79 Å². The highest BCUT2D eigenvalue weighted by Crippen LogP contribution is 2.06. The van der Waals surface area contributed by atoms with Crippen LogP contribution in [0, 0.1) is 5.92 Å². The minimum absolute atomic E-state index is 0.00582. The Morgan fingerprint density at radius 2 is 1.94 bits per heavy atom. The van der Waals surface area contributed by atoms with Crippen LogP contribution >= 0.6 is 0 Å². The third-order valence-corrected chi connectivity index (χ3v) is 2.44. The van der Waals surface area contributed by atoms with Crippen molar-refractivity contribution in [2.45, 2.75) is 46.6 Å². The first kappa shape index (κ1) is 15.7. The molecule has 1 unspecified atom stereocenters. The van der Waals surface area contributed by atoms with E-state index in [-0.39, 0.29) is 11.8 Å². The van der Waals surface area contributed by atoms with Crippen molar-refractivity contribution in [2.75, 3.05) is 7.11 Å². The molecule has 1 amide bonds. The molecule has 0 aliphatic carbocycles. The maximum atomic E-state index is 11.7. The van der Waals surface area contributed by atoms with Gasteiger partial charge in [0.25, 0.3) is 0 Å². The zero-order valence-electron chi connectivity index (χ0n) is 11.4. The molecule has 17 heavy (non-hydrogen) atoms. The highest BCUT2D eigenvalue weighted by molar-refractivity contribution is 5.92. The summed E-state index contributed by atoms with van der Waals surface area (Å²) in [6, 6.07) is -0.585. The summed E-state index contributed by atoms with van der Waals surface area (Å²) in [6.45, 7) is 7.70. The standard InChI is InChI=1S/C13H23NO3/c1-6-7-10(4)8-11(15)14-12(9(2)3)13(16)17-5/h8-9,12H,6-7H2,1-5H3,(H,14,15)/b10-8+. The van der Waals surface area contributed by atoms with E-state index in [1.54, 1.807) is 6.08 Å². The van der Waals surface area contributed by atoms with Crippen LogP contribution in [0.5, 0.6) is 0 Å². The zero-order chi connectivity index (χ0) is 13.4. The van der Waals surface area contributed by atoms with Crippen LogP contribution in [0.3, 0.4) is 0 Å². The Hall–Kier alpha value is -1.32. The summed E-state index contributed by atoms with van der Waals surface area (Å²) >= 11 is 0. The Morgan fingerprint density at radius 3 is 2.35 bits per heavy atom. The van der Waals surface area contributed by atoms with Crippen LogP contribution in [0.25, 0.3) is 0 Å². The summed E-state index contributed by atoms with van der Waals surface area (Å²) < 4.78 is 4.65. The molecule has 0 fully saturated rings. The Labute approximate surface area is 103 Å². The van der Waals surface area contributed by atoms with Crippen molar-refractivity contribution in [3.63, 3.8) is 0 Å². The molecule has 0 saturated heterocycles. The molecule has 0 aliphatic heterocycles. The van der Waals surface area contributed by atoms with Crippen LogP contribution in [-0.4, -0.2) is 25.0 Å². The van der Waals surface area contributed by atoms with Crippen molar-refractivity contribution in [1.82, 2.24) is 5.32 Å². The largest absolute Gasteiger partial charge is 0.467 e. The molecule has 0 spiro atoms. The summed E-state index contributed by atoms with van der Waals surface area (Å²) in [5.74, 6) is -0.638. The predicted octanol–water partition coefficient (Wildman–Crippen LogP) is 2.05. The maximum absolute atomic E-state index is 11.7. The molecule has 0 heterocycles. The van der Waals surface area contributed by atoms with E-state index in [2.05, 4.69) is 17.0 Å². The summed E-state index contributed by atoms with van der Waals surface area (Å²) in [6.07, 6.45) is 3.43. The van der Waals surface area contributed by atoms with Gasteiger partial charge in [-0.1, -0.05) is 32.8 Å². The second-order valence-electron chi connectivity index (χ2n) is 4.49. The molecule has 0 aromatic carbocycles. The number of rotatable bonds is 6. The highest BCUT2D eigenvalue weighted by Gasteiger charge is 2.23. The number of methoxy groups -OCH3 is 1. The quantitative estimate of drug-likeness (QED) is 0.572. The lowest BCUT2D eigenvalue weighted by Crippen LogP contribution is -2.44. The lowest BCUT2D eigenvalue weighted by molar-refractivity contribution is -0.145. The second-order valence-corrected chi connectivity index (χ2v) is 4.49. The van der Waals surface area contributed by atoms with E-state index in [0.29, 0.717) is 0 Å². The molecule has 4 nitrogen and oxygen atoms in total. The van der Waals surface area contributed by atoms with Gasteiger partial charge >= 0.3 is 5.97 Å². The first-order valence-corrected chi connectivity index (χ1v) is 5.97. The average molecular weight is 241 g/mol. The minimum atomic E-state index is -0.585. The molecular formula is C13H23NO3. The van der Waals surface area contributed by atoms with Crippen molar-refractivity contribution >= 4 is 11.9 Å². The topological polar surface area (TPSA) is 55.4 Å². The molecule has 0 saturated carbocycles. The number of ether oxygens (including phenoxy) is 1. The molecular weight excluding hydrogens is 218 g/mol. The van der Waals surface area contributed by atoms with Gasteiger partial charge in [-0.15, -0.1) is 0 Å². The maximum Gasteiger partial charge on any atom is 0.328 e. The fraction of sp³-hybridized carbons (Fsp3) is 0.692. The monoisotopic (exact) mass is 241 g/mol. The van der Waals surface area contributed by atoms with Crippen LogP contribution < -0.4 is 5.32 Å². The van der Waals surface area contributed by atoms with Crippen LogP contribution in [-0.2, 0) is 14.3 Å². The third kappa shape index (κ3) is 6.09. The number of carbonyl (C=O) groups is 2. The summed E-state index contributed by atoms with van der Waals surface area (Å²) in [4.78, 5) is 23.1. The van der Waals surface area contributed by atoms with Gasteiger partial charge < -0.3 is 10.1 Å². The Bertz CT molecular complexity index is 295. The fourth-order valence-corrected chi connectivity index (χ4v) is 1.51. The fourth-order valence-electron chi connectivity index (χ4n) is 1.51. The van der Waals surface area contributed by atoms with Crippen molar-refractivity contribution in [3.8, 4) is 0 Å². The van der Waals surface area contributed by atoms with E-state index in [4.69, 9.17) is 0 Å². The van der Waals surface area contributed by atoms with Gasteiger partial charge in [-0.05, 0) is 19.3 Å². The van der Waals surface area contributed by atoms with E-state index in [0.717, 1.165) is 18.4 Å². The smallest absolute Gasteiger partial charge is 0.328 e. The van der Waals surface area contributed by atoms with Crippen molar-refractivity contribution < 1.29 is 14.3 Å². The highest BCUT2D eigenvalue weighted by atomic mass is 16.5. The predicted molar refractivity (Wildman–Crippen MR) is 67.4 cm³/mol. The van der Waals surface area contributed by atoms with Crippen molar-refractivity contribution in [1.29, 1.82) is 0 Å². The minimum Gasteiger partial charge on any atom is -0.467 e. The number of hydrogen-bond donors (Lipinski definition) is 1. The lowest BCUT2D eigenvalue weighted by atomic mass is 10.0.